The third-order valence-corrected chi connectivity index (χ3v) is 3.25. The van der Waals surface area contributed by atoms with Gasteiger partial charge in [0.2, 0.25) is 0 Å². The molecule has 22 heavy (non-hydrogen) atoms. The Bertz CT molecular complexity index is 879. The van der Waals surface area contributed by atoms with Crippen molar-refractivity contribution in [2.45, 2.75) is 19.6 Å². The van der Waals surface area contributed by atoms with Crippen LogP contribution in [0.25, 0.3) is 22.4 Å². The van der Waals surface area contributed by atoms with E-state index in [-0.39, 0.29) is 11.2 Å². The molecule has 114 valence electrons. The molecule has 0 saturated carbocycles. The molecule has 2 aromatic heterocycles. The highest BCUT2D eigenvalue weighted by atomic mass is 19.4. The van der Waals surface area contributed by atoms with Crippen LogP contribution in [0.5, 0.6) is 0 Å². The van der Waals surface area contributed by atoms with E-state index in [0.29, 0.717) is 21.5 Å². The summed E-state index contributed by atoms with van der Waals surface area (Å²) in [7, 11) is 0. The molecule has 0 saturated heterocycles. The van der Waals surface area contributed by atoms with Crippen molar-refractivity contribution in [2.75, 3.05) is 0 Å². The predicted molar refractivity (Wildman–Crippen MR) is 76.6 cm³/mol. The van der Waals surface area contributed by atoms with Gasteiger partial charge in [-0.05, 0) is 13.0 Å². The summed E-state index contributed by atoms with van der Waals surface area (Å²) in [5.41, 5.74) is 0.715. The van der Waals surface area contributed by atoms with E-state index < -0.39 is 18.3 Å². The molecule has 0 radical (unpaired) electrons. The maximum absolute atomic E-state index is 12.8. The van der Waals surface area contributed by atoms with Gasteiger partial charge in [0.05, 0.1) is 5.39 Å². The van der Waals surface area contributed by atoms with E-state index in [1.54, 1.807) is 37.3 Å². The molecule has 0 bridgehead atoms. The van der Waals surface area contributed by atoms with Crippen molar-refractivity contribution in [3.05, 3.63) is 52.4 Å². The first-order valence-corrected chi connectivity index (χ1v) is 6.57. The highest BCUT2D eigenvalue weighted by molar-refractivity contribution is 5.77. The van der Waals surface area contributed by atoms with Gasteiger partial charge in [0.1, 0.15) is 18.0 Å². The number of fused-ring (bicyclic) bond motifs is 1. The third kappa shape index (κ3) is 2.61. The van der Waals surface area contributed by atoms with Crippen LogP contribution in [0.2, 0.25) is 0 Å². The number of halogens is 3. The number of nitrogens with zero attached hydrogens (tertiary/aromatic N) is 2. The van der Waals surface area contributed by atoms with Gasteiger partial charge >= 0.3 is 6.18 Å². The zero-order chi connectivity index (χ0) is 15.9. The number of aryl methyl sites for hydroxylation is 1. The molecule has 4 nitrogen and oxygen atoms in total. The molecule has 0 atom stereocenters. The lowest BCUT2D eigenvalue weighted by molar-refractivity contribution is -0.140. The highest BCUT2D eigenvalue weighted by Gasteiger charge is 2.30. The minimum atomic E-state index is -4.51. The van der Waals surface area contributed by atoms with Crippen LogP contribution < -0.4 is 5.56 Å². The van der Waals surface area contributed by atoms with Gasteiger partial charge in [-0.15, -0.1) is 0 Å². The second-order valence-electron chi connectivity index (χ2n) is 5.02. The summed E-state index contributed by atoms with van der Waals surface area (Å²) in [5.74, 6) is -0.00252. The molecule has 0 aliphatic rings. The SMILES string of the molecule is Cc1cc2c(=O)n(CC(F)(F)F)c(-c3ccccc3)nc2[nH]1. The second-order valence-corrected chi connectivity index (χ2v) is 5.02. The number of nitrogens with one attached hydrogen (secondary N) is 1. The number of aromatic nitrogens is 3. The Kier molecular flexibility index (Phi) is 3.27. The number of hydrogen-bond acceptors (Lipinski definition) is 2. The Labute approximate surface area is 123 Å². The second kappa shape index (κ2) is 5.01. The summed E-state index contributed by atoms with van der Waals surface area (Å²) >= 11 is 0. The van der Waals surface area contributed by atoms with Crippen molar-refractivity contribution in [1.29, 1.82) is 0 Å². The first kappa shape index (κ1) is 14.4. The first-order chi connectivity index (χ1) is 10.3. The van der Waals surface area contributed by atoms with Gasteiger partial charge in [0.15, 0.2) is 0 Å². The Morgan fingerprint density at radius 2 is 1.91 bits per heavy atom. The maximum Gasteiger partial charge on any atom is 0.406 e. The summed E-state index contributed by atoms with van der Waals surface area (Å²) in [6.45, 7) is 0.348. The average Bonchev–Trinajstić information content (AvgIpc) is 2.82. The van der Waals surface area contributed by atoms with Crippen molar-refractivity contribution in [2.24, 2.45) is 0 Å². The van der Waals surface area contributed by atoms with Crippen LogP contribution in [0.1, 0.15) is 5.69 Å². The van der Waals surface area contributed by atoms with E-state index in [4.69, 9.17) is 0 Å². The van der Waals surface area contributed by atoms with Crippen LogP contribution >= 0.6 is 0 Å². The van der Waals surface area contributed by atoms with Gasteiger partial charge in [0, 0.05) is 11.3 Å². The van der Waals surface area contributed by atoms with E-state index in [1.165, 1.54) is 6.07 Å². The molecule has 3 aromatic rings. The Balaban J connectivity index is 2.33. The number of rotatable bonds is 2. The number of alkyl halides is 3. The van der Waals surface area contributed by atoms with E-state index in [2.05, 4.69) is 9.97 Å². The quantitative estimate of drug-likeness (QED) is 0.790. The monoisotopic (exact) mass is 307 g/mol. The standard InChI is InChI=1S/C15H12F3N3O/c1-9-7-11-12(19-9)20-13(10-5-3-2-4-6-10)21(14(11)22)8-15(16,17)18/h2-7,19H,8H2,1H3. The van der Waals surface area contributed by atoms with Crippen molar-refractivity contribution >= 4 is 11.0 Å². The molecule has 2 heterocycles. The molecule has 0 amide bonds. The van der Waals surface area contributed by atoms with Gasteiger partial charge in [-0.25, -0.2) is 4.98 Å². The van der Waals surface area contributed by atoms with Crippen LogP contribution in [0, 0.1) is 6.92 Å². The minimum absolute atomic E-state index is 0.00252. The molecule has 0 spiro atoms. The highest BCUT2D eigenvalue weighted by Crippen LogP contribution is 2.23. The van der Waals surface area contributed by atoms with E-state index in [1.807, 2.05) is 0 Å². The fraction of sp³-hybridized carbons (Fsp3) is 0.200. The van der Waals surface area contributed by atoms with Crippen molar-refractivity contribution in [3.8, 4) is 11.4 Å². The van der Waals surface area contributed by atoms with Crippen LogP contribution in [0.3, 0.4) is 0 Å². The summed E-state index contributed by atoms with van der Waals surface area (Å²) in [6, 6.07) is 9.86. The fourth-order valence-electron chi connectivity index (χ4n) is 2.37. The normalized spacial score (nSPS) is 12.0. The van der Waals surface area contributed by atoms with Crippen molar-refractivity contribution in [3.63, 3.8) is 0 Å². The summed E-state index contributed by atoms with van der Waals surface area (Å²) in [4.78, 5) is 19.5. The predicted octanol–water partition coefficient (Wildman–Crippen LogP) is 3.26. The molecular formula is C15H12F3N3O. The van der Waals surface area contributed by atoms with Crippen molar-refractivity contribution in [1.82, 2.24) is 14.5 Å². The van der Waals surface area contributed by atoms with Gasteiger partial charge < -0.3 is 4.98 Å². The van der Waals surface area contributed by atoms with E-state index >= 15 is 0 Å². The molecule has 0 aliphatic carbocycles. The summed E-state index contributed by atoms with van der Waals surface area (Å²) in [5, 5.41) is 0.154. The zero-order valence-electron chi connectivity index (χ0n) is 11.6. The van der Waals surface area contributed by atoms with E-state index in [9.17, 15) is 18.0 Å². The zero-order valence-corrected chi connectivity index (χ0v) is 11.6. The Morgan fingerprint density at radius 1 is 1.23 bits per heavy atom. The Hall–Kier alpha value is -2.57. The van der Waals surface area contributed by atoms with Crippen molar-refractivity contribution < 1.29 is 13.2 Å². The molecule has 3 rings (SSSR count). The Morgan fingerprint density at radius 3 is 2.55 bits per heavy atom. The van der Waals surface area contributed by atoms with Gasteiger partial charge in [-0.3, -0.25) is 9.36 Å². The minimum Gasteiger partial charge on any atom is -0.343 e. The molecular weight excluding hydrogens is 295 g/mol. The van der Waals surface area contributed by atoms with Gasteiger partial charge in [-0.1, -0.05) is 30.3 Å². The molecule has 7 heteroatoms. The number of H-pyrrole nitrogens is 1. The van der Waals surface area contributed by atoms with Crippen LogP contribution in [0.15, 0.2) is 41.2 Å². The molecule has 1 N–H and O–H groups in total. The third-order valence-electron chi connectivity index (χ3n) is 3.25. The molecule has 1 aromatic carbocycles. The summed E-state index contributed by atoms with van der Waals surface area (Å²) < 4.78 is 39.2. The van der Waals surface area contributed by atoms with E-state index in [0.717, 1.165) is 0 Å². The van der Waals surface area contributed by atoms with Gasteiger partial charge in [-0.2, -0.15) is 13.2 Å². The maximum atomic E-state index is 12.8. The lowest BCUT2D eigenvalue weighted by atomic mass is 10.2. The van der Waals surface area contributed by atoms with Gasteiger partial charge in [0.25, 0.3) is 5.56 Å². The molecule has 0 unspecified atom stereocenters. The fourth-order valence-corrected chi connectivity index (χ4v) is 2.37. The average molecular weight is 307 g/mol. The smallest absolute Gasteiger partial charge is 0.343 e. The van der Waals surface area contributed by atoms with Crippen LogP contribution in [-0.2, 0) is 6.54 Å². The molecule has 0 fully saturated rings. The first-order valence-electron chi connectivity index (χ1n) is 6.57. The lowest BCUT2D eigenvalue weighted by Crippen LogP contribution is -2.30. The molecule has 0 aliphatic heterocycles. The number of hydrogen-bond donors (Lipinski definition) is 1. The summed E-state index contributed by atoms with van der Waals surface area (Å²) in [6.07, 6.45) is -4.51. The van der Waals surface area contributed by atoms with Crippen LogP contribution in [0.4, 0.5) is 13.2 Å². The largest absolute Gasteiger partial charge is 0.406 e. The topological polar surface area (TPSA) is 50.7 Å². The lowest BCUT2D eigenvalue weighted by Gasteiger charge is -2.14. The van der Waals surface area contributed by atoms with Crippen LogP contribution in [-0.4, -0.2) is 20.7 Å². The number of aromatic amines is 1. The number of benzene rings is 1.